The average molecular weight is 280 g/mol. The normalized spacial score (nSPS) is 14.3. The van der Waals surface area contributed by atoms with E-state index in [1.54, 1.807) is 7.11 Å². The van der Waals surface area contributed by atoms with Gasteiger partial charge < -0.3 is 20.1 Å². The van der Waals surface area contributed by atoms with Gasteiger partial charge in [-0.25, -0.2) is 0 Å². The minimum absolute atomic E-state index is 0.333. The zero-order valence-corrected chi connectivity index (χ0v) is 13.1. The number of hydrogen-bond acceptors (Lipinski definition) is 4. The summed E-state index contributed by atoms with van der Waals surface area (Å²) in [5.41, 5.74) is 1.20. The van der Waals surface area contributed by atoms with Gasteiger partial charge in [0.05, 0.1) is 13.2 Å². The number of ether oxygens (including phenoxy) is 1. The summed E-state index contributed by atoms with van der Waals surface area (Å²) in [5.74, 6) is 0.931. The van der Waals surface area contributed by atoms with Gasteiger partial charge in [-0.3, -0.25) is 0 Å². The Morgan fingerprint density at radius 1 is 1.35 bits per heavy atom. The third-order valence-electron chi connectivity index (χ3n) is 3.59. The first kappa shape index (κ1) is 17.0. The van der Waals surface area contributed by atoms with E-state index in [-0.39, 0.29) is 6.10 Å². The van der Waals surface area contributed by atoms with Gasteiger partial charge in [0.15, 0.2) is 0 Å². The largest absolute Gasteiger partial charge is 0.496 e. The molecular formula is C16H28N2O2. The van der Waals surface area contributed by atoms with Gasteiger partial charge in [-0.2, -0.15) is 0 Å². The van der Waals surface area contributed by atoms with Crippen LogP contribution >= 0.6 is 0 Å². The lowest BCUT2D eigenvalue weighted by Crippen LogP contribution is -2.41. The number of benzene rings is 1. The standard InChI is InChI=1S/C16H28N2O2/c1-5-17-11-15(19)12-18(3)13(2)10-14-8-6-7-9-16(14)20-4/h6-9,13,15,17,19H,5,10-12H2,1-4H3. The van der Waals surface area contributed by atoms with Gasteiger partial charge in [-0.1, -0.05) is 25.1 Å². The molecule has 0 aliphatic rings. The van der Waals surface area contributed by atoms with Crippen molar-refractivity contribution >= 4 is 0 Å². The monoisotopic (exact) mass is 280 g/mol. The van der Waals surface area contributed by atoms with Gasteiger partial charge in [-0.05, 0) is 38.6 Å². The summed E-state index contributed by atoms with van der Waals surface area (Å²) < 4.78 is 5.38. The van der Waals surface area contributed by atoms with Gasteiger partial charge in [-0.15, -0.1) is 0 Å². The smallest absolute Gasteiger partial charge is 0.122 e. The molecule has 0 aromatic heterocycles. The molecule has 2 N–H and O–H groups in total. The Balaban J connectivity index is 2.50. The minimum atomic E-state index is -0.333. The molecule has 0 saturated heterocycles. The van der Waals surface area contributed by atoms with Crippen molar-refractivity contribution in [3.63, 3.8) is 0 Å². The van der Waals surface area contributed by atoms with E-state index >= 15 is 0 Å². The van der Waals surface area contributed by atoms with Crippen molar-refractivity contribution in [3.8, 4) is 5.75 Å². The SMILES string of the molecule is CCNCC(O)CN(C)C(C)Cc1ccccc1OC. The summed E-state index contributed by atoms with van der Waals surface area (Å²) in [6.45, 7) is 6.41. The predicted molar refractivity (Wildman–Crippen MR) is 83.3 cm³/mol. The Morgan fingerprint density at radius 3 is 2.70 bits per heavy atom. The van der Waals surface area contributed by atoms with Crippen molar-refractivity contribution in [2.45, 2.75) is 32.4 Å². The van der Waals surface area contributed by atoms with Crippen molar-refractivity contribution in [2.75, 3.05) is 33.8 Å². The van der Waals surface area contributed by atoms with Crippen LogP contribution in [0.3, 0.4) is 0 Å². The fourth-order valence-electron chi connectivity index (χ4n) is 2.23. The van der Waals surface area contributed by atoms with Crippen LogP contribution in [0.1, 0.15) is 19.4 Å². The molecule has 0 saturated carbocycles. The number of aliphatic hydroxyl groups is 1. The molecule has 0 spiro atoms. The fraction of sp³-hybridized carbons (Fsp3) is 0.625. The Bertz CT molecular complexity index is 384. The van der Waals surface area contributed by atoms with E-state index in [2.05, 4.69) is 30.3 Å². The number of aliphatic hydroxyl groups excluding tert-OH is 1. The van der Waals surface area contributed by atoms with Gasteiger partial charge >= 0.3 is 0 Å². The number of para-hydroxylation sites is 1. The highest BCUT2D eigenvalue weighted by Crippen LogP contribution is 2.20. The van der Waals surface area contributed by atoms with E-state index in [0.717, 1.165) is 18.7 Å². The maximum Gasteiger partial charge on any atom is 0.122 e. The molecule has 1 aromatic rings. The van der Waals surface area contributed by atoms with Gasteiger partial charge in [0.2, 0.25) is 0 Å². The third-order valence-corrected chi connectivity index (χ3v) is 3.59. The third kappa shape index (κ3) is 5.49. The van der Waals surface area contributed by atoms with Crippen LogP contribution in [0.15, 0.2) is 24.3 Å². The quantitative estimate of drug-likeness (QED) is 0.720. The highest BCUT2D eigenvalue weighted by molar-refractivity contribution is 5.33. The second-order valence-corrected chi connectivity index (χ2v) is 5.27. The summed E-state index contributed by atoms with van der Waals surface area (Å²) in [5, 5.41) is 13.1. The maximum atomic E-state index is 9.94. The molecule has 2 unspecified atom stereocenters. The molecule has 0 amide bonds. The summed E-state index contributed by atoms with van der Waals surface area (Å²) in [6, 6.07) is 8.45. The van der Waals surface area contributed by atoms with Crippen LogP contribution in [0.25, 0.3) is 0 Å². The van der Waals surface area contributed by atoms with Crippen LogP contribution in [0.5, 0.6) is 5.75 Å². The van der Waals surface area contributed by atoms with Crippen molar-refractivity contribution in [1.82, 2.24) is 10.2 Å². The van der Waals surface area contributed by atoms with E-state index in [4.69, 9.17) is 4.74 Å². The van der Waals surface area contributed by atoms with E-state index in [1.807, 2.05) is 25.1 Å². The molecule has 1 rings (SSSR count). The molecule has 20 heavy (non-hydrogen) atoms. The van der Waals surface area contributed by atoms with Gasteiger partial charge in [0.1, 0.15) is 5.75 Å². The molecule has 0 fully saturated rings. The first-order valence-electron chi connectivity index (χ1n) is 7.29. The summed E-state index contributed by atoms with van der Waals surface area (Å²) in [6.07, 6.45) is 0.578. The van der Waals surface area contributed by atoms with Crippen molar-refractivity contribution in [3.05, 3.63) is 29.8 Å². The lowest BCUT2D eigenvalue weighted by Gasteiger charge is -2.27. The molecule has 0 radical (unpaired) electrons. The molecule has 0 aliphatic carbocycles. The Hall–Kier alpha value is -1.10. The Labute approximate surface area is 122 Å². The summed E-state index contributed by atoms with van der Waals surface area (Å²) in [4.78, 5) is 2.19. The molecule has 0 heterocycles. The maximum absolute atomic E-state index is 9.94. The highest BCUT2D eigenvalue weighted by atomic mass is 16.5. The first-order valence-corrected chi connectivity index (χ1v) is 7.29. The number of rotatable bonds is 9. The first-order chi connectivity index (χ1) is 9.58. The molecule has 0 aliphatic heterocycles. The lowest BCUT2D eigenvalue weighted by atomic mass is 10.0. The highest BCUT2D eigenvalue weighted by Gasteiger charge is 2.15. The molecule has 4 nitrogen and oxygen atoms in total. The molecule has 2 atom stereocenters. The van der Waals surface area contributed by atoms with Gasteiger partial charge in [0.25, 0.3) is 0 Å². The molecule has 0 bridgehead atoms. The Morgan fingerprint density at radius 2 is 2.05 bits per heavy atom. The second-order valence-electron chi connectivity index (χ2n) is 5.27. The fourth-order valence-corrected chi connectivity index (χ4v) is 2.23. The number of methoxy groups -OCH3 is 1. The van der Waals surface area contributed by atoms with Crippen LogP contribution < -0.4 is 10.1 Å². The van der Waals surface area contributed by atoms with E-state index in [0.29, 0.717) is 19.1 Å². The van der Waals surface area contributed by atoms with Crippen LogP contribution in [-0.4, -0.2) is 55.9 Å². The molecule has 114 valence electrons. The minimum Gasteiger partial charge on any atom is -0.496 e. The number of hydrogen-bond donors (Lipinski definition) is 2. The number of likely N-dealkylation sites (N-methyl/N-ethyl adjacent to an activating group) is 2. The molecule has 4 heteroatoms. The molecule has 1 aromatic carbocycles. The topological polar surface area (TPSA) is 44.7 Å². The number of nitrogens with zero attached hydrogens (tertiary/aromatic N) is 1. The predicted octanol–water partition coefficient (Wildman–Crippen LogP) is 1.53. The second kappa shape index (κ2) is 8.95. The van der Waals surface area contributed by atoms with E-state index < -0.39 is 0 Å². The van der Waals surface area contributed by atoms with Crippen LogP contribution in [0, 0.1) is 0 Å². The van der Waals surface area contributed by atoms with Crippen LogP contribution in [0.2, 0.25) is 0 Å². The van der Waals surface area contributed by atoms with E-state index in [9.17, 15) is 5.11 Å². The van der Waals surface area contributed by atoms with Crippen molar-refractivity contribution in [2.24, 2.45) is 0 Å². The van der Waals surface area contributed by atoms with Crippen molar-refractivity contribution < 1.29 is 9.84 Å². The summed E-state index contributed by atoms with van der Waals surface area (Å²) in [7, 11) is 3.75. The van der Waals surface area contributed by atoms with Crippen LogP contribution in [-0.2, 0) is 6.42 Å². The Kier molecular flexibility index (Phi) is 7.59. The van der Waals surface area contributed by atoms with Crippen molar-refractivity contribution in [1.29, 1.82) is 0 Å². The van der Waals surface area contributed by atoms with Crippen LogP contribution in [0.4, 0.5) is 0 Å². The lowest BCUT2D eigenvalue weighted by molar-refractivity contribution is 0.107. The number of nitrogens with one attached hydrogen (secondary N) is 1. The van der Waals surface area contributed by atoms with E-state index in [1.165, 1.54) is 5.56 Å². The van der Waals surface area contributed by atoms with Gasteiger partial charge in [0, 0.05) is 19.1 Å². The molecular weight excluding hydrogens is 252 g/mol. The average Bonchev–Trinajstić information content (AvgIpc) is 2.45. The zero-order chi connectivity index (χ0) is 15.0. The zero-order valence-electron chi connectivity index (χ0n) is 13.1. The summed E-state index contributed by atoms with van der Waals surface area (Å²) >= 11 is 0.